The van der Waals surface area contributed by atoms with E-state index < -0.39 is 10.0 Å². The van der Waals surface area contributed by atoms with Gasteiger partial charge >= 0.3 is 0 Å². The van der Waals surface area contributed by atoms with E-state index in [4.69, 9.17) is 0 Å². The maximum atomic E-state index is 12.7. The number of hydrogen-bond donors (Lipinski definition) is 1. The Bertz CT molecular complexity index is 697. The lowest BCUT2D eigenvalue weighted by Gasteiger charge is -2.31. The average molecular weight is 341 g/mol. The number of fused-ring (bicyclic) bond motifs is 1. The molecule has 0 saturated carbocycles. The molecule has 1 amide bonds. The molecule has 0 radical (unpaired) electrons. The quantitative estimate of drug-likeness (QED) is 0.871. The average Bonchev–Trinajstić information content (AvgIpc) is 2.48. The first-order chi connectivity index (χ1) is 10.4. The molecule has 1 N–H and O–H groups in total. The van der Waals surface area contributed by atoms with Crippen LogP contribution in [0.4, 0.5) is 5.69 Å². The normalized spacial score (nSPS) is 23.9. The molecule has 0 spiro atoms. The van der Waals surface area contributed by atoms with Crippen LogP contribution in [-0.2, 0) is 14.8 Å². The standard InChI is InChI=1S/C14H19N3O3S2/c1-10-14(18)15-12-9-11(3-4-13(12)21-10)22(19,20)17-7-5-16(2)6-8-17/h3-4,9-10H,5-8H2,1-2H3,(H,15,18)/t10-/m1/s1. The largest absolute Gasteiger partial charge is 0.324 e. The second-order valence-electron chi connectivity index (χ2n) is 5.61. The molecule has 3 rings (SSSR count). The molecule has 22 heavy (non-hydrogen) atoms. The number of piperazine rings is 1. The summed E-state index contributed by atoms with van der Waals surface area (Å²) in [5.41, 5.74) is 0.586. The smallest absolute Gasteiger partial charge is 0.243 e. The number of carbonyl (C=O) groups is 1. The van der Waals surface area contributed by atoms with E-state index in [9.17, 15) is 13.2 Å². The van der Waals surface area contributed by atoms with Crippen molar-refractivity contribution < 1.29 is 13.2 Å². The maximum Gasteiger partial charge on any atom is 0.243 e. The summed E-state index contributed by atoms with van der Waals surface area (Å²) in [5, 5.41) is 2.62. The molecule has 1 saturated heterocycles. The predicted molar refractivity (Wildman–Crippen MR) is 86.6 cm³/mol. The molecule has 2 heterocycles. The number of likely N-dealkylation sites (N-methyl/N-ethyl adjacent to an activating group) is 1. The monoisotopic (exact) mass is 341 g/mol. The molecule has 1 atom stereocenters. The summed E-state index contributed by atoms with van der Waals surface area (Å²) in [7, 11) is -1.52. The van der Waals surface area contributed by atoms with Crippen LogP contribution in [0.15, 0.2) is 28.0 Å². The van der Waals surface area contributed by atoms with Crippen LogP contribution in [0.25, 0.3) is 0 Å². The molecule has 1 fully saturated rings. The zero-order chi connectivity index (χ0) is 15.9. The number of benzene rings is 1. The van der Waals surface area contributed by atoms with Gasteiger partial charge in [0.05, 0.1) is 15.8 Å². The fourth-order valence-electron chi connectivity index (χ4n) is 2.53. The van der Waals surface area contributed by atoms with Crippen LogP contribution in [0.3, 0.4) is 0 Å². The molecule has 0 aliphatic carbocycles. The number of amides is 1. The Kier molecular flexibility index (Phi) is 4.19. The van der Waals surface area contributed by atoms with Gasteiger partial charge in [0.25, 0.3) is 0 Å². The summed E-state index contributed by atoms with van der Waals surface area (Å²) in [6, 6.07) is 4.97. The number of rotatable bonds is 2. The van der Waals surface area contributed by atoms with Gasteiger partial charge in [-0.2, -0.15) is 4.31 Å². The summed E-state index contributed by atoms with van der Waals surface area (Å²) in [5.74, 6) is -0.0911. The molecule has 120 valence electrons. The molecule has 2 aliphatic rings. The molecule has 1 aromatic carbocycles. The number of thioether (sulfide) groups is 1. The second-order valence-corrected chi connectivity index (χ2v) is 8.94. The minimum absolute atomic E-state index is 0.0911. The minimum Gasteiger partial charge on any atom is -0.324 e. The van der Waals surface area contributed by atoms with Crippen LogP contribution in [0.5, 0.6) is 0 Å². The Morgan fingerprint density at radius 2 is 1.91 bits per heavy atom. The summed E-state index contributed by atoms with van der Waals surface area (Å²) >= 11 is 1.45. The van der Waals surface area contributed by atoms with Gasteiger partial charge in [-0.25, -0.2) is 8.42 Å². The SMILES string of the molecule is C[C@H]1Sc2ccc(S(=O)(=O)N3CCN(C)CC3)cc2NC1=O. The number of sulfonamides is 1. The van der Waals surface area contributed by atoms with Crippen molar-refractivity contribution >= 4 is 33.4 Å². The lowest BCUT2D eigenvalue weighted by molar-refractivity contribution is -0.115. The van der Waals surface area contributed by atoms with Crippen molar-refractivity contribution in [3.8, 4) is 0 Å². The van der Waals surface area contributed by atoms with Gasteiger partial charge in [0.2, 0.25) is 15.9 Å². The Balaban J connectivity index is 1.89. The molecule has 0 aromatic heterocycles. The Morgan fingerprint density at radius 3 is 2.59 bits per heavy atom. The first-order valence-electron chi connectivity index (χ1n) is 7.18. The van der Waals surface area contributed by atoms with Gasteiger partial charge in [0.1, 0.15) is 0 Å². The maximum absolute atomic E-state index is 12.7. The highest BCUT2D eigenvalue weighted by Crippen LogP contribution is 2.37. The summed E-state index contributed by atoms with van der Waals surface area (Å²) < 4.78 is 26.9. The Morgan fingerprint density at radius 1 is 1.23 bits per heavy atom. The van der Waals surface area contributed by atoms with E-state index in [1.165, 1.54) is 16.1 Å². The molecule has 2 aliphatic heterocycles. The van der Waals surface area contributed by atoms with Crippen molar-refractivity contribution in [2.24, 2.45) is 0 Å². The topological polar surface area (TPSA) is 69.7 Å². The number of carbonyl (C=O) groups excluding carboxylic acids is 1. The first-order valence-corrected chi connectivity index (χ1v) is 9.50. The third-order valence-corrected chi connectivity index (χ3v) is 7.05. The van der Waals surface area contributed by atoms with E-state index in [2.05, 4.69) is 10.2 Å². The zero-order valence-corrected chi connectivity index (χ0v) is 14.2. The van der Waals surface area contributed by atoms with Gasteiger partial charge in [0, 0.05) is 31.1 Å². The highest BCUT2D eigenvalue weighted by Gasteiger charge is 2.30. The van der Waals surface area contributed by atoms with Crippen LogP contribution < -0.4 is 5.32 Å². The lowest BCUT2D eigenvalue weighted by atomic mass is 10.3. The number of hydrogen-bond acceptors (Lipinski definition) is 5. The van der Waals surface area contributed by atoms with E-state index in [0.717, 1.165) is 18.0 Å². The molecule has 6 nitrogen and oxygen atoms in total. The van der Waals surface area contributed by atoms with Gasteiger partial charge in [-0.1, -0.05) is 0 Å². The Labute approximate surface area is 134 Å². The van der Waals surface area contributed by atoms with E-state index in [1.807, 2.05) is 14.0 Å². The van der Waals surface area contributed by atoms with Gasteiger partial charge in [0.15, 0.2) is 0 Å². The van der Waals surface area contributed by atoms with Crippen LogP contribution in [0.1, 0.15) is 6.92 Å². The summed E-state index contributed by atoms with van der Waals surface area (Å²) in [4.78, 5) is 15.0. The third kappa shape index (κ3) is 2.88. The first kappa shape index (κ1) is 15.8. The fourth-order valence-corrected chi connectivity index (χ4v) is 4.91. The van der Waals surface area contributed by atoms with Crippen molar-refractivity contribution in [2.75, 3.05) is 38.5 Å². The highest BCUT2D eigenvalue weighted by molar-refractivity contribution is 8.01. The van der Waals surface area contributed by atoms with Gasteiger partial charge < -0.3 is 10.2 Å². The van der Waals surface area contributed by atoms with Crippen molar-refractivity contribution in [3.05, 3.63) is 18.2 Å². The van der Waals surface area contributed by atoms with E-state index >= 15 is 0 Å². The Hall–Kier alpha value is -1.09. The van der Waals surface area contributed by atoms with Crippen LogP contribution in [0.2, 0.25) is 0 Å². The molecule has 0 unspecified atom stereocenters. The van der Waals surface area contributed by atoms with Gasteiger partial charge in [-0.05, 0) is 32.2 Å². The number of nitrogens with one attached hydrogen (secondary N) is 1. The number of anilines is 1. The van der Waals surface area contributed by atoms with Crippen molar-refractivity contribution in [3.63, 3.8) is 0 Å². The van der Waals surface area contributed by atoms with Gasteiger partial charge in [-0.3, -0.25) is 4.79 Å². The highest BCUT2D eigenvalue weighted by atomic mass is 32.2. The van der Waals surface area contributed by atoms with Gasteiger partial charge in [-0.15, -0.1) is 11.8 Å². The molecule has 0 bridgehead atoms. The van der Waals surface area contributed by atoms with Crippen LogP contribution in [-0.4, -0.2) is 62.0 Å². The van der Waals surface area contributed by atoms with Crippen molar-refractivity contribution in [1.82, 2.24) is 9.21 Å². The van der Waals surface area contributed by atoms with E-state index in [1.54, 1.807) is 18.2 Å². The van der Waals surface area contributed by atoms with E-state index in [0.29, 0.717) is 18.8 Å². The number of nitrogens with zero attached hydrogens (tertiary/aromatic N) is 2. The predicted octanol–water partition coefficient (Wildman–Crippen LogP) is 1.06. The minimum atomic E-state index is -3.50. The molecule has 1 aromatic rings. The molecular formula is C14H19N3O3S2. The van der Waals surface area contributed by atoms with E-state index in [-0.39, 0.29) is 16.1 Å². The van der Waals surface area contributed by atoms with Crippen LogP contribution >= 0.6 is 11.8 Å². The van der Waals surface area contributed by atoms with Crippen LogP contribution in [0, 0.1) is 0 Å². The van der Waals surface area contributed by atoms with Crippen molar-refractivity contribution in [2.45, 2.75) is 22.0 Å². The van der Waals surface area contributed by atoms with Crippen molar-refractivity contribution in [1.29, 1.82) is 0 Å². The summed E-state index contributed by atoms with van der Waals surface area (Å²) in [6.45, 7) is 4.28. The fraction of sp³-hybridized carbons (Fsp3) is 0.500. The zero-order valence-electron chi connectivity index (χ0n) is 12.6. The molecular weight excluding hydrogens is 322 g/mol. The lowest BCUT2D eigenvalue weighted by Crippen LogP contribution is -2.47. The third-order valence-electron chi connectivity index (χ3n) is 3.98. The molecule has 8 heteroatoms. The second kappa shape index (κ2) is 5.84. The summed E-state index contributed by atoms with van der Waals surface area (Å²) in [6.07, 6.45) is 0.